The van der Waals surface area contributed by atoms with Crippen LogP contribution in [-0.4, -0.2) is 18.5 Å². The number of rotatable bonds is 5. The highest BCUT2D eigenvalue weighted by Gasteiger charge is 2.20. The zero-order valence-electron chi connectivity index (χ0n) is 10.9. The smallest absolute Gasteiger partial charge is 0.0640 e. The molecule has 2 nitrogen and oxygen atoms in total. The highest BCUT2D eigenvalue weighted by atomic mass is 79.9. The van der Waals surface area contributed by atoms with Gasteiger partial charge in [-0.15, -0.1) is 11.3 Å². The molecular formula is C14H15BrCl2N2S. The minimum absolute atomic E-state index is 0.0436. The quantitative estimate of drug-likeness (QED) is 0.778. The lowest BCUT2D eigenvalue weighted by molar-refractivity contribution is 0.244. The van der Waals surface area contributed by atoms with E-state index in [-0.39, 0.29) is 6.04 Å². The van der Waals surface area contributed by atoms with Gasteiger partial charge in [-0.3, -0.25) is 4.90 Å². The summed E-state index contributed by atoms with van der Waals surface area (Å²) in [7, 11) is 2.04. The normalized spacial score (nSPS) is 12.9. The Hall–Kier alpha value is -0.100. The fourth-order valence-electron chi connectivity index (χ4n) is 2.11. The summed E-state index contributed by atoms with van der Waals surface area (Å²) in [5, 5.41) is 3.23. The van der Waals surface area contributed by atoms with Crippen molar-refractivity contribution in [2.45, 2.75) is 12.6 Å². The van der Waals surface area contributed by atoms with E-state index in [0.29, 0.717) is 16.6 Å². The molecule has 0 saturated carbocycles. The molecular weight excluding hydrogens is 379 g/mol. The maximum Gasteiger partial charge on any atom is 0.0640 e. The van der Waals surface area contributed by atoms with Crippen molar-refractivity contribution in [1.82, 2.24) is 4.90 Å². The molecule has 0 radical (unpaired) electrons. The van der Waals surface area contributed by atoms with Gasteiger partial charge in [0.05, 0.1) is 10.0 Å². The van der Waals surface area contributed by atoms with Crippen molar-refractivity contribution in [2.24, 2.45) is 5.73 Å². The van der Waals surface area contributed by atoms with E-state index < -0.39 is 0 Å². The second-order valence-corrected chi connectivity index (χ2v) is 7.24. The van der Waals surface area contributed by atoms with Crippen LogP contribution in [0.25, 0.3) is 0 Å². The molecule has 2 rings (SSSR count). The van der Waals surface area contributed by atoms with Crippen molar-refractivity contribution >= 4 is 50.5 Å². The van der Waals surface area contributed by atoms with Crippen LogP contribution in [0.1, 0.15) is 16.5 Å². The topological polar surface area (TPSA) is 29.3 Å². The maximum atomic E-state index is 6.30. The Kier molecular flexibility index (Phi) is 5.90. The van der Waals surface area contributed by atoms with Crippen LogP contribution < -0.4 is 5.73 Å². The fourth-order valence-corrected chi connectivity index (χ4v) is 4.06. The first-order chi connectivity index (χ1) is 9.52. The number of hydrogen-bond donors (Lipinski definition) is 1. The lowest BCUT2D eigenvalue weighted by atomic mass is 10.1. The van der Waals surface area contributed by atoms with Crippen molar-refractivity contribution < 1.29 is 0 Å². The van der Waals surface area contributed by atoms with Gasteiger partial charge >= 0.3 is 0 Å². The second kappa shape index (κ2) is 7.25. The number of benzene rings is 1. The Morgan fingerprint density at radius 3 is 2.75 bits per heavy atom. The number of halogens is 3. The van der Waals surface area contributed by atoms with Crippen LogP contribution in [0.15, 0.2) is 34.1 Å². The van der Waals surface area contributed by atoms with E-state index in [9.17, 15) is 0 Å². The Morgan fingerprint density at radius 1 is 1.40 bits per heavy atom. The van der Waals surface area contributed by atoms with Gasteiger partial charge in [-0.25, -0.2) is 0 Å². The van der Waals surface area contributed by atoms with Crippen molar-refractivity contribution in [1.29, 1.82) is 0 Å². The van der Waals surface area contributed by atoms with Gasteiger partial charge in [-0.2, -0.15) is 0 Å². The van der Waals surface area contributed by atoms with E-state index >= 15 is 0 Å². The Balaban J connectivity index is 2.20. The lowest BCUT2D eigenvalue weighted by Gasteiger charge is -2.27. The summed E-state index contributed by atoms with van der Waals surface area (Å²) in [5.74, 6) is 0. The van der Waals surface area contributed by atoms with Crippen LogP contribution in [0, 0.1) is 0 Å². The van der Waals surface area contributed by atoms with E-state index in [0.717, 1.165) is 16.6 Å². The maximum absolute atomic E-state index is 6.30. The average Bonchev–Trinajstić information content (AvgIpc) is 2.81. The van der Waals surface area contributed by atoms with E-state index in [1.807, 2.05) is 19.2 Å². The fraction of sp³-hybridized carbons (Fsp3) is 0.286. The molecule has 2 aromatic rings. The molecule has 0 fully saturated rings. The Morgan fingerprint density at radius 2 is 2.15 bits per heavy atom. The molecule has 0 aliphatic rings. The highest BCUT2D eigenvalue weighted by molar-refractivity contribution is 9.10. The number of thiophene rings is 1. The molecule has 0 aliphatic carbocycles. The molecule has 0 aliphatic heterocycles. The van der Waals surface area contributed by atoms with Crippen LogP contribution in [-0.2, 0) is 6.54 Å². The van der Waals surface area contributed by atoms with Crippen LogP contribution in [0.5, 0.6) is 0 Å². The first-order valence-electron chi connectivity index (χ1n) is 6.10. The lowest BCUT2D eigenvalue weighted by Crippen LogP contribution is -2.30. The van der Waals surface area contributed by atoms with Crippen LogP contribution in [0.2, 0.25) is 10.0 Å². The van der Waals surface area contributed by atoms with Crippen LogP contribution in [0.4, 0.5) is 0 Å². The molecule has 1 heterocycles. The molecule has 1 unspecified atom stereocenters. The molecule has 0 bridgehead atoms. The van der Waals surface area contributed by atoms with Crippen LogP contribution in [0.3, 0.4) is 0 Å². The van der Waals surface area contributed by atoms with Gasteiger partial charge in [0.15, 0.2) is 0 Å². The molecule has 1 aromatic carbocycles. The highest BCUT2D eigenvalue weighted by Crippen LogP contribution is 2.33. The summed E-state index contributed by atoms with van der Waals surface area (Å²) >= 11 is 17.6. The summed E-state index contributed by atoms with van der Waals surface area (Å²) in [4.78, 5) is 3.46. The molecule has 1 atom stereocenters. The SMILES string of the molecule is CN(Cc1cc(Br)cs1)C(CN)c1cccc(Cl)c1Cl. The average molecular weight is 394 g/mol. The summed E-state index contributed by atoms with van der Waals surface area (Å²) in [5.41, 5.74) is 6.91. The van der Waals surface area contributed by atoms with Gasteiger partial charge in [-0.1, -0.05) is 35.3 Å². The van der Waals surface area contributed by atoms with Crippen molar-refractivity contribution in [3.63, 3.8) is 0 Å². The number of nitrogens with two attached hydrogens (primary N) is 1. The van der Waals surface area contributed by atoms with Crippen molar-refractivity contribution in [3.8, 4) is 0 Å². The standard InChI is InChI=1S/C14H15BrCl2N2S/c1-19(7-10-5-9(15)8-20-10)13(6-18)11-3-2-4-12(16)14(11)17/h2-5,8,13H,6-7,18H2,1H3. The van der Waals surface area contributed by atoms with Gasteiger partial charge in [0.2, 0.25) is 0 Å². The van der Waals surface area contributed by atoms with Gasteiger partial charge in [-0.05, 0) is 40.7 Å². The summed E-state index contributed by atoms with van der Waals surface area (Å²) < 4.78 is 1.11. The summed E-state index contributed by atoms with van der Waals surface area (Å²) in [6.07, 6.45) is 0. The second-order valence-electron chi connectivity index (χ2n) is 4.54. The largest absolute Gasteiger partial charge is 0.329 e. The molecule has 2 N–H and O–H groups in total. The van der Waals surface area contributed by atoms with Gasteiger partial charge < -0.3 is 5.73 Å². The minimum atomic E-state index is 0.0436. The zero-order chi connectivity index (χ0) is 14.7. The molecule has 6 heteroatoms. The molecule has 1 aromatic heterocycles. The third-order valence-corrected chi connectivity index (χ3v) is 5.64. The van der Waals surface area contributed by atoms with Gasteiger partial charge in [0.1, 0.15) is 0 Å². The van der Waals surface area contributed by atoms with Gasteiger partial charge in [0.25, 0.3) is 0 Å². The summed E-state index contributed by atoms with van der Waals surface area (Å²) in [6, 6.07) is 7.84. The Labute approximate surface area is 141 Å². The monoisotopic (exact) mass is 392 g/mol. The first-order valence-corrected chi connectivity index (χ1v) is 8.53. The third kappa shape index (κ3) is 3.75. The van der Waals surface area contributed by atoms with Gasteiger partial charge in [0, 0.05) is 33.9 Å². The molecule has 20 heavy (non-hydrogen) atoms. The van der Waals surface area contributed by atoms with Crippen LogP contribution >= 0.6 is 50.5 Å². The van der Waals surface area contributed by atoms with Crippen molar-refractivity contribution in [2.75, 3.05) is 13.6 Å². The molecule has 0 spiro atoms. The molecule has 0 saturated heterocycles. The third-order valence-electron chi connectivity index (χ3n) is 3.12. The van der Waals surface area contributed by atoms with E-state index in [1.54, 1.807) is 17.4 Å². The van der Waals surface area contributed by atoms with E-state index in [2.05, 4.69) is 32.3 Å². The molecule has 108 valence electrons. The minimum Gasteiger partial charge on any atom is -0.329 e. The Bertz CT molecular complexity index is 588. The predicted molar refractivity (Wildman–Crippen MR) is 91.7 cm³/mol. The number of likely N-dealkylation sites (N-methyl/N-ethyl adjacent to an activating group) is 1. The number of nitrogens with zero attached hydrogens (tertiary/aromatic N) is 1. The number of hydrogen-bond acceptors (Lipinski definition) is 3. The molecule has 0 amide bonds. The van der Waals surface area contributed by atoms with E-state index in [4.69, 9.17) is 28.9 Å². The van der Waals surface area contributed by atoms with Crippen molar-refractivity contribution in [3.05, 3.63) is 54.6 Å². The first kappa shape index (κ1) is 16.3. The van der Waals surface area contributed by atoms with E-state index in [1.165, 1.54) is 4.88 Å². The predicted octanol–water partition coefficient (Wildman–Crippen LogP) is 4.95. The zero-order valence-corrected chi connectivity index (χ0v) is 14.9. The summed E-state index contributed by atoms with van der Waals surface area (Å²) in [6.45, 7) is 1.31.